The summed E-state index contributed by atoms with van der Waals surface area (Å²) in [6.07, 6.45) is 2.03. The van der Waals surface area contributed by atoms with Crippen molar-refractivity contribution in [1.82, 2.24) is 9.21 Å². The van der Waals surface area contributed by atoms with Gasteiger partial charge in [-0.2, -0.15) is 4.31 Å². The molecule has 1 heterocycles. The summed E-state index contributed by atoms with van der Waals surface area (Å²) in [5, 5.41) is 8.84. The Morgan fingerprint density at radius 3 is 2.13 bits per heavy atom. The molecule has 0 atom stereocenters. The zero-order valence-corrected chi connectivity index (χ0v) is 13.8. The number of amides is 1. The molecule has 1 aromatic carbocycles. The van der Waals surface area contributed by atoms with Gasteiger partial charge in [0.1, 0.15) is 0 Å². The minimum absolute atomic E-state index is 0.0135. The number of benzene rings is 1. The summed E-state index contributed by atoms with van der Waals surface area (Å²) in [6, 6.07) is 6.46. The number of nitrogens with zero attached hydrogens (tertiary/aromatic N) is 2. The first-order chi connectivity index (χ1) is 10.8. The highest BCUT2D eigenvalue weighted by atomic mass is 32.2. The molecular weight excluding hydrogens is 320 g/mol. The number of carbonyl (C=O) groups is 2. The summed E-state index contributed by atoms with van der Waals surface area (Å²) < 4.78 is 24.2. The predicted molar refractivity (Wildman–Crippen MR) is 84.7 cm³/mol. The molecule has 8 heteroatoms. The van der Waals surface area contributed by atoms with Crippen LogP contribution in [-0.2, 0) is 21.2 Å². The number of aryl methyl sites for hydroxylation is 1. The second kappa shape index (κ2) is 7.10. The summed E-state index contributed by atoms with van der Waals surface area (Å²) in [6.45, 7) is 1.48. The fourth-order valence-corrected chi connectivity index (χ4v) is 3.32. The maximum atomic E-state index is 12.2. The van der Waals surface area contributed by atoms with E-state index in [4.69, 9.17) is 5.11 Å². The normalized spacial score (nSPS) is 16.3. The zero-order valence-electron chi connectivity index (χ0n) is 12.9. The fraction of sp³-hybridized carbons (Fsp3) is 0.467. The number of rotatable bonds is 5. The van der Waals surface area contributed by atoms with E-state index < -0.39 is 16.0 Å². The van der Waals surface area contributed by atoms with E-state index in [9.17, 15) is 18.0 Å². The Balaban J connectivity index is 1.83. The van der Waals surface area contributed by atoms with Gasteiger partial charge >= 0.3 is 5.97 Å². The Morgan fingerprint density at radius 1 is 1.09 bits per heavy atom. The molecule has 0 spiro atoms. The molecule has 1 aliphatic rings. The van der Waals surface area contributed by atoms with Gasteiger partial charge in [0.05, 0.1) is 11.8 Å². The van der Waals surface area contributed by atoms with Crippen LogP contribution in [0.3, 0.4) is 0 Å². The number of hydrogen-bond acceptors (Lipinski definition) is 4. The van der Waals surface area contributed by atoms with Crippen molar-refractivity contribution in [2.45, 2.75) is 12.8 Å². The Labute approximate surface area is 135 Å². The minimum Gasteiger partial charge on any atom is -0.478 e. The first-order valence-corrected chi connectivity index (χ1v) is 9.17. The lowest BCUT2D eigenvalue weighted by Crippen LogP contribution is -2.50. The Morgan fingerprint density at radius 2 is 1.65 bits per heavy atom. The largest absolute Gasteiger partial charge is 0.478 e. The standard InChI is InChI=1S/C15H20N2O5S/c1-23(21,22)17-10-8-16(9-11-17)14(18)7-4-12-2-5-13(6-3-12)15(19)20/h2-3,5-6H,4,7-11H2,1H3,(H,19,20). The maximum absolute atomic E-state index is 12.2. The lowest BCUT2D eigenvalue weighted by Gasteiger charge is -2.33. The van der Waals surface area contributed by atoms with Gasteiger partial charge in [0, 0.05) is 32.6 Å². The van der Waals surface area contributed by atoms with Crippen LogP contribution in [0.5, 0.6) is 0 Å². The highest BCUT2D eigenvalue weighted by Gasteiger charge is 2.25. The van der Waals surface area contributed by atoms with E-state index in [0.29, 0.717) is 39.0 Å². The highest BCUT2D eigenvalue weighted by molar-refractivity contribution is 7.88. The van der Waals surface area contributed by atoms with Crippen LogP contribution in [0.2, 0.25) is 0 Å². The molecule has 0 aliphatic carbocycles. The summed E-state index contributed by atoms with van der Waals surface area (Å²) in [5.41, 5.74) is 1.12. The highest BCUT2D eigenvalue weighted by Crippen LogP contribution is 2.11. The van der Waals surface area contributed by atoms with Crippen LogP contribution in [-0.4, -0.2) is 67.0 Å². The first kappa shape index (κ1) is 17.4. The molecule has 0 unspecified atom stereocenters. The smallest absolute Gasteiger partial charge is 0.335 e. The third kappa shape index (κ3) is 4.77. The van der Waals surface area contributed by atoms with E-state index in [-0.39, 0.29) is 11.5 Å². The van der Waals surface area contributed by atoms with Crippen molar-refractivity contribution in [2.75, 3.05) is 32.4 Å². The topological polar surface area (TPSA) is 95.0 Å². The fourth-order valence-electron chi connectivity index (χ4n) is 2.49. The molecule has 1 fully saturated rings. The third-order valence-electron chi connectivity index (χ3n) is 3.89. The molecule has 23 heavy (non-hydrogen) atoms. The Hall–Kier alpha value is -1.93. The van der Waals surface area contributed by atoms with Crippen LogP contribution >= 0.6 is 0 Å². The van der Waals surface area contributed by atoms with E-state index in [1.54, 1.807) is 17.0 Å². The van der Waals surface area contributed by atoms with Gasteiger partial charge in [0.15, 0.2) is 0 Å². The van der Waals surface area contributed by atoms with Gasteiger partial charge in [-0.15, -0.1) is 0 Å². The van der Waals surface area contributed by atoms with Crippen molar-refractivity contribution in [2.24, 2.45) is 0 Å². The molecule has 126 valence electrons. The molecule has 7 nitrogen and oxygen atoms in total. The van der Waals surface area contributed by atoms with Crippen LogP contribution in [0.15, 0.2) is 24.3 Å². The van der Waals surface area contributed by atoms with Crippen LogP contribution in [0.25, 0.3) is 0 Å². The van der Waals surface area contributed by atoms with Crippen LogP contribution in [0, 0.1) is 0 Å². The number of carboxylic acids is 1. The Kier molecular flexibility index (Phi) is 5.38. The summed E-state index contributed by atoms with van der Waals surface area (Å²) in [4.78, 5) is 24.6. The summed E-state index contributed by atoms with van der Waals surface area (Å²) in [7, 11) is -3.19. The number of aromatic carboxylic acids is 1. The van der Waals surface area contributed by atoms with E-state index in [1.807, 2.05) is 0 Å². The van der Waals surface area contributed by atoms with Crippen LogP contribution in [0.1, 0.15) is 22.3 Å². The number of piperazine rings is 1. The molecule has 1 amide bonds. The zero-order chi connectivity index (χ0) is 17.0. The number of sulfonamides is 1. The summed E-state index contributed by atoms with van der Waals surface area (Å²) in [5.74, 6) is -0.989. The minimum atomic E-state index is -3.19. The molecule has 0 saturated carbocycles. The van der Waals surface area contributed by atoms with Crippen LogP contribution in [0.4, 0.5) is 0 Å². The van der Waals surface area contributed by atoms with Gasteiger partial charge in [-0.05, 0) is 24.1 Å². The van der Waals surface area contributed by atoms with Gasteiger partial charge in [0.25, 0.3) is 0 Å². The average molecular weight is 340 g/mol. The van der Waals surface area contributed by atoms with Crippen molar-refractivity contribution in [3.63, 3.8) is 0 Å². The first-order valence-electron chi connectivity index (χ1n) is 7.32. The number of carbonyl (C=O) groups excluding carboxylic acids is 1. The number of carboxylic acid groups (broad SMARTS) is 1. The molecular formula is C15H20N2O5S. The van der Waals surface area contributed by atoms with Crippen molar-refractivity contribution in [1.29, 1.82) is 0 Å². The lowest BCUT2D eigenvalue weighted by molar-refractivity contribution is -0.132. The average Bonchev–Trinajstić information content (AvgIpc) is 2.52. The molecule has 1 aromatic rings. The molecule has 1 aliphatic heterocycles. The summed E-state index contributed by atoms with van der Waals surface area (Å²) >= 11 is 0. The molecule has 0 bridgehead atoms. The van der Waals surface area contributed by atoms with E-state index in [2.05, 4.69) is 0 Å². The predicted octanol–water partition coefficient (Wildman–Crippen LogP) is 0.421. The van der Waals surface area contributed by atoms with E-state index >= 15 is 0 Å². The van der Waals surface area contributed by atoms with Gasteiger partial charge in [-0.25, -0.2) is 13.2 Å². The monoisotopic (exact) mass is 340 g/mol. The van der Waals surface area contributed by atoms with Crippen molar-refractivity contribution in [3.8, 4) is 0 Å². The number of hydrogen-bond donors (Lipinski definition) is 1. The molecule has 0 radical (unpaired) electrons. The molecule has 1 N–H and O–H groups in total. The van der Waals surface area contributed by atoms with Crippen molar-refractivity contribution >= 4 is 21.9 Å². The van der Waals surface area contributed by atoms with Crippen LogP contribution < -0.4 is 0 Å². The van der Waals surface area contributed by atoms with E-state index in [0.717, 1.165) is 5.56 Å². The SMILES string of the molecule is CS(=O)(=O)N1CCN(C(=O)CCc2ccc(C(=O)O)cc2)CC1. The second-order valence-electron chi connectivity index (χ2n) is 5.54. The van der Waals surface area contributed by atoms with Gasteiger partial charge in [-0.1, -0.05) is 12.1 Å². The molecule has 0 aromatic heterocycles. The third-order valence-corrected chi connectivity index (χ3v) is 5.19. The second-order valence-corrected chi connectivity index (χ2v) is 7.53. The van der Waals surface area contributed by atoms with Crippen molar-refractivity contribution < 1.29 is 23.1 Å². The van der Waals surface area contributed by atoms with Crippen molar-refractivity contribution in [3.05, 3.63) is 35.4 Å². The van der Waals surface area contributed by atoms with Gasteiger partial charge in [-0.3, -0.25) is 4.79 Å². The van der Waals surface area contributed by atoms with Gasteiger partial charge in [0.2, 0.25) is 15.9 Å². The van der Waals surface area contributed by atoms with Gasteiger partial charge < -0.3 is 10.0 Å². The lowest BCUT2D eigenvalue weighted by atomic mass is 10.1. The quantitative estimate of drug-likeness (QED) is 0.838. The van der Waals surface area contributed by atoms with E-state index in [1.165, 1.54) is 22.7 Å². The molecule has 2 rings (SSSR count). The maximum Gasteiger partial charge on any atom is 0.335 e. The molecule has 1 saturated heterocycles. The Bertz CT molecular complexity index is 676.